The van der Waals surface area contributed by atoms with E-state index in [0.29, 0.717) is 5.41 Å². The summed E-state index contributed by atoms with van der Waals surface area (Å²) < 4.78 is 5.62. The zero-order valence-electron chi connectivity index (χ0n) is 15.4. The highest BCUT2D eigenvalue weighted by molar-refractivity contribution is 14.0. The summed E-state index contributed by atoms with van der Waals surface area (Å²) in [5.41, 5.74) is 1.84. The Kier molecular flexibility index (Phi) is 8.49. The van der Waals surface area contributed by atoms with E-state index in [-0.39, 0.29) is 24.0 Å². The molecule has 2 fully saturated rings. The molecule has 140 valence electrons. The van der Waals surface area contributed by atoms with Crippen molar-refractivity contribution in [1.29, 1.82) is 0 Å². The number of benzene rings is 1. The molecule has 1 N–H and O–H groups in total. The van der Waals surface area contributed by atoms with Crippen LogP contribution < -0.4 is 5.32 Å². The molecule has 0 saturated carbocycles. The highest BCUT2D eigenvalue weighted by Crippen LogP contribution is 2.38. The average Bonchev–Trinajstić information content (AvgIpc) is 3.25. The van der Waals surface area contributed by atoms with Crippen LogP contribution in [0.3, 0.4) is 0 Å². The number of nitrogens with one attached hydrogen (secondary N) is 1. The van der Waals surface area contributed by atoms with Crippen LogP contribution in [0.25, 0.3) is 0 Å². The fraction of sp³-hybridized carbons (Fsp3) is 0.650. The quantitative estimate of drug-likeness (QED) is 0.306. The summed E-state index contributed by atoms with van der Waals surface area (Å²) in [4.78, 5) is 6.90. The third kappa shape index (κ3) is 5.84. The minimum absolute atomic E-state index is 0. The summed E-state index contributed by atoms with van der Waals surface area (Å²) in [6, 6.07) is 10.8. The van der Waals surface area contributed by atoms with Crippen LogP contribution in [0.15, 0.2) is 35.3 Å². The number of rotatable bonds is 6. The van der Waals surface area contributed by atoms with E-state index >= 15 is 0 Å². The van der Waals surface area contributed by atoms with Crippen molar-refractivity contribution >= 4 is 29.9 Å². The first-order chi connectivity index (χ1) is 11.8. The summed E-state index contributed by atoms with van der Waals surface area (Å²) >= 11 is 0. The van der Waals surface area contributed by atoms with Crippen LogP contribution in [0.2, 0.25) is 0 Å². The van der Waals surface area contributed by atoms with E-state index in [2.05, 4.69) is 45.5 Å². The molecule has 25 heavy (non-hydrogen) atoms. The van der Waals surface area contributed by atoms with Crippen molar-refractivity contribution in [3.8, 4) is 0 Å². The van der Waals surface area contributed by atoms with Crippen LogP contribution in [0.1, 0.15) is 37.7 Å². The second-order valence-corrected chi connectivity index (χ2v) is 7.24. The van der Waals surface area contributed by atoms with Crippen LogP contribution in [-0.2, 0) is 11.2 Å². The van der Waals surface area contributed by atoms with Crippen LogP contribution in [-0.4, -0.2) is 50.8 Å². The van der Waals surface area contributed by atoms with Crippen molar-refractivity contribution in [3.63, 3.8) is 0 Å². The van der Waals surface area contributed by atoms with Crippen LogP contribution in [0.4, 0.5) is 0 Å². The van der Waals surface area contributed by atoms with Gasteiger partial charge in [-0.2, -0.15) is 0 Å². The number of unbranched alkanes of at least 4 members (excludes halogenated alkanes) is 2. The summed E-state index contributed by atoms with van der Waals surface area (Å²) in [6.45, 7) is 5.08. The predicted octanol–water partition coefficient (Wildman–Crippen LogP) is 3.71. The minimum Gasteiger partial charge on any atom is -0.381 e. The van der Waals surface area contributed by atoms with Crippen molar-refractivity contribution in [3.05, 3.63) is 35.9 Å². The van der Waals surface area contributed by atoms with E-state index in [1.165, 1.54) is 44.1 Å². The van der Waals surface area contributed by atoms with Gasteiger partial charge in [0.25, 0.3) is 0 Å². The number of halogens is 1. The Balaban J connectivity index is 0.00000225. The Labute approximate surface area is 169 Å². The zero-order chi connectivity index (χ0) is 16.7. The van der Waals surface area contributed by atoms with E-state index < -0.39 is 0 Å². The van der Waals surface area contributed by atoms with Gasteiger partial charge in [-0.25, -0.2) is 0 Å². The highest BCUT2D eigenvalue weighted by Gasteiger charge is 2.42. The van der Waals surface area contributed by atoms with E-state index in [4.69, 9.17) is 4.74 Å². The van der Waals surface area contributed by atoms with E-state index in [9.17, 15) is 0 Å². The van der Waals surface area contributed by atoms with Gasteiger partial charge in [0.05, 0.1) is 6.61 Å². The first-order valence-corrected chi connectivity index (χ1v) is 9.39. The van der Waals surface area contributed by atoms with E-state index in [1.807, 2.05) is 7.05 Å². The SMILES string of the molecule is CN=C(NCCCCCc1ccccc1)N1CCC2(CCOC2)C1.I. The fourth-order valence-electron chi connectivity index (χ4n) is 3.90. The number of likely N-dealkylation sites (tertiary alicyclic amines) is 1. The van der Waals surface area contributed by atoms with Gasteiger partial charge in [0, 0.05) is 38.7 Å². The van der Waals surface area contributed by atoms with Gasteiger partial charge in [-0.3, -0.25) is 4.99 Å². The molecule has 2 aliphatic heterocycles. The molecule has 0 aromatic heterocycles. The summed E-state index contributed by atoms with van der Waals surface area (Å²) in [7, 11) is 1.90. The Morgan fingerprint density at radius 3 is 2.76 bits per heavy atom. The van der Waals surface area contributed by atoms with Gasteiger partial charge in [0.15, 0.2) is 5.96 Å². The third-order valence-electron chi connectivity index (χ3n) is 5.40. The normalized spacial score (nSPS) is 23.1. The van der Waals surface area contributed by atoms with Gasteiger partial charge < -0.3 is 15.0 Å². The summed E-state index contributed by atoms with van der Waals surface area (Å²) in [6.07, 6.45) is 7.36. The Morgan fingerprint density at radius 2 is 2.04 bits per heavy atom. The first-order valence-electron chi connectivity index (χ1n) is 9.39. The molecule has 2 aliphatic rings. The molecule has 2 saturated heterocycles. The number of guanidine groups is 1. The maximum atomic E-state index is 5.62. The smallest absolute Gasteiger partial charge is 0.193 e. The molecule has 1 aromatic rings. The second-order valence-electron chi connectivity index (χ2n) is 7.24. The third-order valence-corrected chi connectivity index (χ3v) is 5.40. The molecule has 1 spiro atoms. The molecule has 4 nitrogen and oxygen atoms in total. The molecule has 2 heterocycles. The molecular weight excluding hydrogens is 425 g/mol. The van der Waals surface area contributed by atoms with E-state index in [1.54, 1.807) is 0 Å². The van der Waals surface area contributed by atoms with Gasteiger partial charge in [0.1, 0.15) is 0 Å². The number of aryl methyl sites for hydroxylation is 1. The molecule has 0 bridgehead atoms. The van der Waals surface area contributed by atoms with Crippen molar-refractivity contribution in [2.24, 2.45) is 10.4 Å². The molecule has 0 radical (unpaired) electrons. The maximum absolute atomic E-state index is 5.62. The van der Waals surface area contributed by atoms with Crippen LogP contribution >= 0.6 is 24.0 Å². The van der Waals surface area contributed by atoms with Gasteiger partial charge >= 0.3 is 0 Å². The first kappa shape index (κ1) is 20.5. The number of nitrogens with zero attached hydrogens (tertiary/aromatic N) is 2. The molecule has 1 unspecified atom stereocenters. The largest absolute Gasteiger partial charge is 0.381 e. The standard InChI is InChI=1S/C20H31N3O.HI/c1-21-19(23-14-11-20(16-23)12-15-24-17-20)22-13-7-3-6-10-18-8-4-2-5-9-18;/h2,4-5,8-9H,3,6-7,10-17H2,1H3,(H,21,22);1H. The van der Waals surface area contributed by atoms with E-state index in [0.717, 1.165) is 38.8 Å². The predicted molar refractivity (Wildman–Crippen MR) is 115 cm³/mol. The monoisotopic (exact) mass is 457 g/mol. The zero-order valence-corrected chi connectivity index (χ0v) is 17.7. The summed E-state index contributed by atoms with van der Waals surface area (Å²) in [5.74, 6) is 1.07. The Hall–Kier alpha value is -0.820. The lowest BCUT2D eigenvalue weighted by atomic mass is 9.87. The molecule has 0 amide bonds. The highest BCUT2D eigenvalue weighted by atomic mass is 127. The van der Waals surface area contributed by atoms with Gasteiger partial charge in [-0.1, -0.05) is 36.8 Å². The molecule has 1 aromatic carbocycles. The van der Waals surface area contributed by atoms with Crippen LogP contribution in [0, 0.1) is 5.41 Å². The molecular formula is C20H32IN3O. The Bertz CT molecular complexity index is 529. The second kappa shape index (κ2) is 10.4. The van der Waals surface area contributed by atoms with Gasteiger partial charge in [-0.15, -0.1) is 24.0 Å². The lowest BCUT2D eigenvalue weighted by Gasteiger charge is -2.24. The molecule has 0 aliphatic carbocycles. The van der Waals surface area contributed by atoms with Gasteiger partial charge in [-0.05, 0) is 37.7 Å². The van der Waals surface area contributed by atoms with Crippen molar-refractivity contribution < 1.29 is 4.74 Å². The minimum atomic E-state index is 0. The van der Waals surface area contributed by atoms with Crippen LogP contribution in [0.5, 0.6) is 0 Å². The number of aliphatic imine (C=N–C) groups is 1. The van der Waals surface area contributed by atoms with Crippen molar-refractivity contribution in [1.82, 2.24) is 10.2 Å². The Morgan fingerprint density at radius 1 is 1.20 bits per heavy atom. The van der Waals surface area contributed by atoms with Gasteiger partial charge in [0.2, 0.25) is 0 Å². The summed E-state index contributed by atoms with van der Waals surface area (Å²) in [5, 5.41) is 3.55. The molecule has 1 atom stereocenters. The number of ether oxygens (including phenoxy) is 1. The topological polar surface area (TPSA) is 36.9 Å². The lowest BCUT2D eigenvalue weighted by molar-refractivity contribution is 0.156. The van der Waals surface area contributed by atoms with Crippen molar-refractivity contribution in [2.45, 2.75) is 38.5 Å². The van der Waals surface area contributed by atoms with Crippen molar-refractivity contribution in [2.75, 3.05) is 39.9 Å². The molecule has 3 rings (SSSR count). The number of hydrogen-bond donors (Lipinski definition) is 1. The molecule has 5 heteroatoms. The fourth-order valence-corrected chi connectivity index (χ4v) is 3.90. The number of hydrogen-bond acceptors (Lipinski definition) is 2. The lowest BCUT2D eigenvalue weighted by Crippen LogP contribution is -2.41. The maximum Gasteiger partial charge on any atom is 0.193 e. The average molecular weight is 457 g/mol.